The number of aromatic nitrogens is 2. The molecule has 2 N–H and O–H groups in total. The molecule has 0 atom stereocenters. The maximum absolute atomic E-state index is 12.3. The summed E-state index contributed by atoms with van der Waals surface area (Å²) < 4.78 is 29.2. The lowest BCUT2D eigenvalue weighted by atomic mass is 10.1. The van der Waals surface area contributed by atoms with E-state index >= 15 is 0 Å². The van der Waals surface area contributed by atoms with E-state index in [1.165, 1.54) is 0 Å². The fourth-order valence-corrected chi connectivity index (χ4v) is 4.63. The van der Waals surface area contributed by atoms with Crippen LogP contribution in [0.2, 0.25) is 0 Å². The molecule has 1 heterocycles. The lowest BCUT2D eigenvalue weighted by Crippen LogP contribution is -2.31. The third-order valence-electron chi connectivity index (χ3n) is 4.36. The van der Waals surface area contributed by atoms with Gasteiger partial charge in [-0.25, -0.2) is 18.1 Å². The van der Waals surface area contributed by atoms with E-state index in [2.05, 4.69) is 19.6 Å². The Balaban J connectivity index is 1.68. The van der Waals surface area contributed by atoms with Gasteiger partial charge in [-0.05, 0) is 37.1 Å². The number of rotatable bonds is 8. The molecule has 3 rings (SSSR count). The molecule has 2 aromatic carbocycles. The molecule has 7 heteroatoms. The van der Waals surface area contributed by atoms with Crippen molar-refractivity contribution in [2.45, 2.75) is 38.7 Å². The Kier molecular flexibility index (Phi) is 5.94. The normalized spacial score (nSPS) is 12.1. The molecule has 0 unspecified atom stereocenters. The molecule has 0 aliphatic heterocycles. The van der Waals surface area contributed by atoms with Crippen LogP contribution in [0.4, 0.5) is 0 Å². The van der Waals surface area contributed by atoms with Crippen LogP contribution in [0.3, 0.4) is 0 Å². The molecule has 144 valence electrons. The van der Waals surface area contributed by atoms with Gasteiger partial charge in [0.05, 0.1) is 23.3 Å². The van der Waals surface area contributed by atoms with Gasteiger partial charge >= 0.3 is 0 Å². The van der Waals surface area contributed by atoms with E-state index in [9.17, 15) is 8.42 Å². The molecule has 0 bridgehead atoms. The summed E-state index contributed by atoms with van der Waals surface area (Å²) in [5.41, 5.74) is 3.86. The molecule has 3 aromatic rings. The summed E-state index contributed by atoms with van der Waals surface area (Å²) in [5.74, 6) is 0.928. The van der Waals surface area contributed by atoms with Crippen LogP contribution < -0.4 is 10.0 Å². The number of hydrogen-bond acceptors (Lipinski definition) is 4. The zero-order valence-corrected chi connectivity index (χ0v) is 16.8. The van der Waals surface area contributed by atoms with Gasteiger partial charge in [-0.2, -0.15) is 0 Å². The van der Waals surface area contributed by atoms with Gasteiger partial charge in [-0.1, -0.05) is 36.4 Å². The summed E-state index contributed by atoms with van der Waals surface area (Å²) in [6.45, 7) is 4.83. The highest BCUT2D eigenvalue weighted by Crippen LogP contribution is 2.15. The summed E-state index contributed by atoms with van der Waals surface area (Å²) in [7, 11) is -1.35. The van der Waals surface area contributed by atoms with E-state index in [-0.39, 0.29) is 11.8 Å². The first-order valence-corrected chi connectivity index (χ1v) is 10.7. The van der Waals surface area contributed by atoms with Crippen molar-refractivity contribution in [2.24, 2.45) is 7.05 Å². The molecule has 0 spiro atoms. The second-order valence-electron chi connectivity index (χ2n) is 6.98. The maximum atomic E-state index is 12.3. The molecular formula is C20H26N4O2S. The second-order valence-corrected chi connectivity index (χ2v) is 8.73. The van der Waals surface area contributed by atoms with Crippen LogP contribution in [0.1, 0.15) is 30.8 Å². The average molecular weight is 387 g/mol. The topological polar surface area (TPSA) is 76.0 Å². The maximum Gasteiger partial charge on any atom is 0.216 e. The lowest BCUT2D eigenvalue weighted by molar-refractivity contribution is 0.568. The van der Waals surface area contributed by atoms with E-state index in [1.54, 1.807) is 0 Å². The van der Waals surface area contributed by atoms with E-state index in [1.807, 2.05) is 69.4 Å². The molecule has 6 nitrogen and oxygen atoms in total. The first-order chi connectivity index (χ1) is 12.9. The molecule has 0 amide bonds. The van der Waals surface area contributed by atoms with Crippen molar-refractivity contribution < 1.29 is 8.42 Å². The van der Waals surface area contributed by atoms with Crippen molar-refractivity contribution >= 4 is 21.1 Å². The zero-order chi connectivity index (χ0) is 19.4. The monoisotopic (exact) mass is 386 g/mol. The van der Waals surface area contributed by atoms with Gasteiger partial charge < -0.3 is 9.88 Å². The van der Waals surface area contributed by atoms with Crippen molar-refractivity contribution in [1.29, 1.82) is 0 Å². The molecule has 0 aliphatic rings. The summed E-state index contributed by atoms with van der Waals surface area (Å²) in [6, 6.07) is 15.5. The number of hydrogen-bond donors (Lipinski definition) is 2. The first kappa shape index (κ1) is 19.5. The van der Waals surface area contributed by atoms with E-state index < -0.39 is 10.0 Å². The Bertz CT molecular complexity index is 1030. The highest BCUT2D eigenvalue weighted by atomic mass is 32.2. The minimum atomic E-state index is -3.35. The predicted octanol–water partition coefficient (Wildman–Crippen LogP) is 2.69. The Morgan fingerprint density at radius 1 is 1.00 bits per heavy atom. The van der Waals surface area contributed by atoms with Gasteiger partial charge in [0.25, 0.3) is 0 Å². The van der Waals surface area contributed by atoms with Crippen LogP contribution in [0.25, 0.3) is 11.0 Å². The summed E-state index contributed by atoms with van der Waals surface area (Å²) in [6.07, 6.45) is 0. The minimum absolute atomic E-state index is 0.0185. The fraction of sp³-hybridized carbons (Fsp3) is 0.350. The van der Waals surface area contributed by atoms with Crippen LogP contribution in [-0.2, 0) is 35.9 Å². The van der Waals surface area contributed by atoms with Crippen LogP contribution in [0.15, 0.2) is 48.5 Å². The van der Waals surface area contributed by atoms with Crippen molar-refractivity contribution in [3.63, 3.8) is 0 Å². The largest absolute Gasteiger partial charge is 0.330 e. The number of para-hydroxylation sites is 2. The van der Waals surface area contributed by atoms with E-state index in [0.717, 1.165) is 28.0 Å². The second kappa shape index (κ2) is 8.21. The third-order valence-corrected chi connectivity index (χ3v) is 5.88. The van der Waals surface area contributed by atoms with E-state index in [0.29, 0.717) is 13.1 Å². The molecule has 0 fully saturated rings. The molecule has 0 radical (unpaired) electrons. The fourth-order valence-electron chi connectivity index (χ4n) is 3.14. The van der Waals surface area contributed by atoms with Crippen LogP contribution in [-0.4, -0.2) is 24.0 Å². The van der Waals surface area contributed by atoms with Gasteiger partial charge in [-0.15, -0.1) is 0 Å². The summed E-state index contributed by atoms with van der Waals surface area (Å²) >= 11 is 0. The number of aryl methyl sites for hydroxylation is 1. The van der Waals surface area contributed by atoms with Crippen LogP contribution in [0, 0.1) is 0 Å². The van der Waals surface area contributed by atoms with Gasteiger partial charge in [0.2, 0.25) is 10.0 Å². The number of fused-ring (bicyclic) bond motifs is 1. The molecule has 0 aliphatic carbocycles. The highest BCUT2D eigenvalue weighted by molar-refractivity contribution is 7.88. The number of sulfonamides is 1. The SMILES string of the molecule is CC(C)NS(=O)(=O)Cc1ccccc1CNCc1nc2ccccc2n1C. The molecule has 0 saturated heterocycles. The molecular weight excluding hydrogens is 360 g/mol. The number of imidazole rings is 1. The van der Waals surface area contributed by atoms with E-state index in [4.69, 9.17) is 0 Å². The van der Waals surface area contributed by atoms with Gasteiger partial charge in [0.15, 0.2) is 0 Å². The molecule has 1 aromatic heterocycles. The summed E-state index contributed by atoms with van der Waals surface area (Å²) in [5, 5.41) is 3.39. The zero-order valence-electron chi connectivity index (χ0n) is 15.9. The third kappa shape index (κ3) is 4.94. The Labute approximate surface area is 160 Å². The minimum Gasteiger partial charge on any atom is -0.330 e. The Morgan fingerprint density at radius 2 is 1.67 bits per heavy atom. The van der Waals surface area contributed by atoms with Crippen molar-refractivity contribution in [3.05, 3.63) is 65.5 Å². The molecule has 0 saturated carbocycles. The van der Waals surface area contributed by atoms with Crippen LogP contribution in [0.5, 0.6) is 0 Å². The average Bonchev–Trinajstić information content (AvgIpc) is 2.91. The lowest BCUT2D eigenvalue weighted by Gasteiger charge is -2.13. The smallest absolute Gasteiger partial charge is 0.216 e. The number of benzene rings is 2. The number of nitrogens with one attached hydrogen (secondary N) is 2. The van der Waals surface area contributed by atoms with Gasteiger partial charge in [-0.3, -0.25) is 0 Å². The Morgan fingerprint density at radius 3 is 2.37 bits per heavy atom. The van der Waals surface area contributed by atoms with Gasteiger partial charge in [0, 0.05) is 19.6 Å². The predicted molar refractivity (Wildman–Crippen MR) is 109 cm³/mol. The van der Waals surface area contributed by atoms with Gasteiger partial charge in [0.1, 0.15) is 5.82 Å². The first-order valence-electron chi connectivity index (χ1n) is 9.03. The quantitative estimate of drug-likeness (QED) is 0.624. The van der Waals surface area contributed by atoms with Crippen molar-refractivity contribution in [2.75, 3.05) is 0 Å². The highest BCUT2D eigenvalue weighted by Gasteiger charge is 2.15. The van der Waals surface area contributed by atoms with Crippen molar-refractivity contribution in [1.82, 2.24) is 19.6 Å². The van der Waals surface area contributed by atoms with Crippen molar-refractivity contribution in [3.8, 4) is 0 Å². The number of nitrogens with zero attached hydrogens (tertiary/aromatic N) is 2. The molecule has 27 heavy (non-hydrogen) atoms. The summed E-state index contributed by atoms with van der Waals surface area (Å²) in [4.78, 5) is 4.65. The standard InChI is InChI=1S/C20H26N4O2S/c1-15(2)23-27(25,26)14-17-9-5-4-8-16(17)12-21-13-20-22-18-10-6-7-11-19(18)24(20)3/h4-11,15,21,23H,12-14H2,1-3H3. The van der Waals surface area contributed by atoms with Crippen LogP contribution >= 0.6 is 0 Å². The Hall–Kier alpha value is -2.22.